The lowest BCUT2D eigenvalue weighted by molar-refractivity contribution is -0.385. The molecule has 0 N–H and O–H groups in total. The summed E-state index contributed by atoms with van der Waals surface area (Å²) in [6.07, 6.45) is 9.09. The molecule has 6 heteroatoms. The van der Waals surface area contributed by atoms with Gasteiger partial charge in [0.05, 0.1) is 4.92 Å². The van der Waals surface area contributed by atoms with E-state index in [-0.39, 0.29) is 11.6 Å². The highest BCUT2D eigenvalue weighted by molar-refractivity contribution is 5.79. The Morgan fingerprint density at radius 2 is 2.23 bits per heavy atom. The highest BCUT2D eigenvalue weighted by Gasteiger charge is 2.24. The van der Waals surface area contributed by atoms with Crippen molar-refractivity contribution in [3.05, 3.63) is 45.3 Å². The summed E-state index contributed by atoms with van der Waals surface area (Å²) in [6, 6.07) is 1.54. The fourth-order valence-corrected chi connectivity index (χ4v) is 3.10. The number of hydrogen-bond donors (Lipinski definition) is 0. The summed E-state index contributed by atoms with van der Waals surface area (Å²) < 4.78 is 0. The van der Waals surface area contributed by atoms with Crippen LogP contribution in [0.5, 0.6) is 0 Å². The fourth-order valence-electron chi connectivity index (χ4n) is 3.10. The number of nitrogens with zero attached hydrogens (tertiary/aromatic N) is 3. The Bertz CT molecular complexity index is 640. The summed E-state index contributed by atoms with van der Waals surface area (Å²) in [7, 11) is 0. The third-order valence-corrected chi connectivity index (χ3v) is 4.35. The Morgan fingerprint density at radius 3 is 2.95 bits per heavy atom. The van der Waals surface area contributed by atoms with E-state index in [0.717, 1.165) is 30.5 Å². The minimum atomic E-state index is -0.444. The third-order valence-electron chi connectivity index (χ3n) is 4.35. The molecule has 1 aromatic rings. The number of rotatable bonds is 3. The molecule has 3 rings (SSSR count). The molecule has 2 heterocycles. The van der Waals surface area contributed by atoms with Crippen molar-refractivity contribution < 1.29 is 9.72 Å². The van der Waals surface area contributed by atoms with Gasteiger partial charge < -0.3 is 4.90 Å². The molecule has 1 amide bonds. The van der Waals surface area contributed by atoms with E-state index in [4.69, 9.17) is 0 Å². The Kier molecular flexibility index (Phi) is 4.18. The maximum Gasteiger partial charge on any atom is 0.287 e. The van der Waals surface area contributed by atoms with Gasteiger partial charge in [0.25, 0.3) is 5.69 Å². The number of nitro groups is 1. The maximum atomic E-state index is 12.4. The molecule has 0 unspecified atom stereocenters. The highest BCUT2D eigenvalue weighted by Crippen LogP contribution is 2.25. The lowest BCUT2D eigenvalue weighted by atomic mass is 9.96. The van der Waals surface area contributed by atoms with E-state index in [0.29, 0.717) is 25.9 Å². The zero-order valence-electron chi connectivity index (χ0n) is 12.5. The van der Waals surface area contributed by atoms with E-state index >= 15 is 0 Å². The number of carbonyl (C=O) groups excluding carboxylic acids is 1. The van der Waals surface area contributed by atoms with E-state index in [9.17, 15) is 14.9 Å². The van der Waals surface area contributed by atoms with E-state index in [1.54, 1.807) is 11.0 Å². The molecule has 0 radical (unpaired) electrons. The molecule has 0 saturated carbocycles. The first-order chi connectivity index (χ1) is 10.6. The molecule has 116 valence electrons. The van der Waals surface area contributed by atoms with E-state index in [2.05, 4.69) is 11.1 Å². The summed E-state index contributed by atoms with van der Waals surface area (Å²) in [4.78, 5) is 28.8. The molecule has 1 aliphatic carbocycles. The minimum absolute atomic E-state index is 0.0111. The molecular weight excluding hydrogens is 282 g/mol. The second kappa shape index (κ2) is 6.25. The highest BCUT2D eigenvalue weighted by atomic mass is 16.6. The van der Waals surface area contributed by atoms with Crippen molar-refractivity contribution in [2.24, 2.45) is 0 Å². The fraction of sp³-hybridized carbons (Fsp3) is 0.500. The topological polar surface area (TPSA) is 76.3 Å². The number of hydrogen-bond acceptors (Lipinski definition) is 4. The van der Waals surface area contributed by atoms with Crippen LogP contribution < -0.4 is 0 Å². The lowest BCUT2D eigenvalue weighted by Gasteiger charge is -2.28. The van der Waals surface area contributed by atoms with Crippen LogP contribution in [-0.2, 0) is 17.8 Å². The number of carbonyl (C=O) groups is 1. The largest absolute Gasteiger partial charge is 0.338 e. The van der Waals surface area contributed by atoms with Crippen LogP contribution in [0.4, 0.5) is 5.69 Å². The molecule has 6 nitrogen and oxygen atoms in total. The molecule has 0 saturated heterocycles. The minimum Gasteiger partial charge on any atom is -0.338 e. The zero-order valence-corrected chi connectivity index (χ0v) is 12.5. The Balaban J connectivity index is 1.70. The molecule has 0 aromatic carbocycles. The van der Waals surface area contributed by atoms with Gasteiger partial charge in [0, 0.05) is 37.7 Å². The van der Waals surface area contributed by atoms with Gasteiger partial charge in [-0.1, -0.05) is 11.6 Å². The van der Waals surface area contributed by atoms with Crippen LogP contribution in [0, 0.1) is 10.1 Å². The molecule has 0 atom stereocenters. The zero-order chi connectivity index (χ0) is 15.5. The first-order valence-electron chi connectivity index (χ1n) is 7.71. The quantitative estimate of drug-likeness (QED) is 0.488. The molecule has 1 aliphatic heterocycles. The van der Waals surface area contributed by atoms with Crippen molar-refractivity contribution in [3.63, 3.8) is 0 Å². The molecule has 2 aliphatic rings. The average molecular weight is 301 g/mol. The first-order valence-corrected chi connectivity index (χ1v) is 7.71. The monoisotopic (exact) mass is 301 g/mol. The predicted molar refractivity (Wildman–Crippen MR) is 81.2 cm³/mol. The van der Waals surface area contributed by atoms with Gasteiger partial charge in [-0.25, -0.2) is 0 Å². The van der Waals surface area contributed by atoms with Gasteiger partial charge in [-0.05, 0) is 31.2 Å². The first kappa shape index (κ1) is 14.7. The summed E-state index contributed by atoms with van der Waals surface area (Å²) in [6.45, 7) is 1.07. The van der Waals surface area contributed by atoms with Gasteiger partial charge in [0.15, 0.2) is 0 Å². The van der Waals surface area contributed by atoms with E-state index in [1.807, 2.05) is 0 Å². The summed E-state index contributed by atoms with van der Waals surface area (Å²) in [5.74, 6) is 0.116. The maximum absolute atomic E-state index is 12.4. The molecular formula is C16H19N3O3. The number of fused-ring (bicyclic) bond motifs is 1. The second-order valence-electron chi connectivity index (χ2n) is 5.91. The van der Waals surface area contributed by atoms with Gasteiger partial charge >= 0.3 is 0 Å². The van der Waals surface area contributed by atoms with Crippen LogP contribution in [0.3, 0.4) is 0 Å². The van der Waals surface area contributed by atoms with Crippen LogP contribution in [0.25, 0.3) is 0 Å². The van der Waals surface area contributed by atoms with Crippen molar-refractivity contribution in [3.8, 4) is 0 Å². The van der Waals surface area contributed by atoms with Crippen molar-refractivity contribution in [1.29, 1.82) is 0 Å². The van der Waals surface area contributed by atoms with Gasteiger partial charge in [-0.2, -0.15) is 0 Å². The van der Waals surface area contributed by atoms with Gasteiger partial charge in [0.2, 0.25) is 5.91 Å². The number of aromatic nitrogens is 1. The van der Waals surface area contributed by atoms with Crippen molar-refractivity contribution in [2.45, 2.75) is 45.1 Å². The molecule has 0 bridgehead atoms. The molecule has 0 fully saturated rings. The van der Waals surface area contributed by atoms with Crippen molar-refractivity contribution in [1.82, 2.24) is 9.88 Å². The van der Waals surface area contributed by atoms with Crippen LogP contribution in [0.1, 0.15) is 43.4 Å². The number of amides is 1. The SMILES string of the molecule is O=C(CC1=CCCCC1)N1CCc2ncc([N+](=O)[O-])cc2C1. The predicted octanol–water partition coefficient (Wildman–Crippen LogP) is 2.77. The summed E-state index contributed by atoms with van der Waals surface area (Å²) >= 11 is 0. The van der Waals surface area contributed by atoms with Crippen LogP contribution >= 0.6 is 0 Å². The van der Waals surface area contributed by atoms with Crippen LogP contribution in [0.15, 0.2) is 23.9 Å². The average Bonchev–Trinajstić information content (AvgIpc) is 2.54. The normalized spacial score (nSPS) is 17.6. The number of allylic oxidation sites excluding steroid dienone is 1. The van der Waals surface area contributed by atoms with Crippen LogP contribution in [0.2, 0.25) is 0 Å². The Labute approximate surface area is 129 Å². The van der Waals surface area contributed by atoms with Crippen molar-refractivity contribution >= 4 is 11.6 Å². The van der Waals surface area contributed by atoms with Crippen molar-refractivity contribution in [2.75, 3.05) is 6.54 Å². The van der Waals surface area contributed by atoms with E-state index in [1.165, 1.54) is 18.2 Å². The van der Waals surface area contributed by atoms with Gasteiger partial charge in [-0.15, -0.1) is 0 Å². The smallest absolute Gasteiger partial charge is 0.287 e. The van der Waals surface area contributed by atoms with Crippen LogP contribution in [-0.4, -0.2) is 27.3 Å². The molecule has 1 aromatic heterocycles. The molecule has 22 heavy (non-hydrogen) atoms. The lowest BCUT2D eigenvalue weighted by Crippen LogP contribution is -2.36. The second-order valence-corrected chi connectivity index (χ2v) is 5.91. The summed E-state index contributed by atoms with van der Waals surface area (Å²) in [5, 5.41) is 10.8. The van der Waals surface area contributed by atoms with Gasteiger partial charge in [0.1, 0.15) is 6.20 Å². The number of pyridine rings is 1. The Hall–Kier alpha value is -2.24. The summed E-state index contributed by atoms with van der Waals surface area (Å²) in [5.41, 5.74) is 2.89. The Morgan fingerprint density at radius 1 is 1.36 bits per heavy atom. The standard InChI is InChI=1S/C16H19N3O3/c20-16(8-12-4-2-1-3-5-12)18-7-6-15-13(11-18)9-14(10-17-15)19(21)22/h4,9-10H,1-3,5-8,11H2. The van der Waals surface area contributed by atoms with E-state index < -0.39 is 4.92 Å². The third kappa shape index (κ3) is 3.16. The molecule has 0 spiro atoms. The van der Waals surface area contributed by atoms with Gasteiger partial charge in [-0.3, -0.25) is 19.9 Å².